The summed E-state index contributed by atoms with van der Waals surface area (Å²) in [6.07, 6.45) is 4.20. The number of pyridine rings is 1. The van der Waals surface area contributed by atoms with E-state index in [9.17, 15) is 8.42 Å². The van der Waals surface area contributed by atoms with Gasteiger partial charge in [-0.1, -0.05) is 19.1 Å². The number of hydrogen-bond donors (Lipinski definition) is 2. The van der Waals surface area contributed by atoms with Crippen LogP contribution in [0.25, 0.3) is 22.2 Å². The van der Waals surface area contributed by atoms with Crippen molar-refractivity contribution in [3.05, 3.63) is 48.8 Å². The summed E-state index contributed by atoms with van der Waals surface area (Å²) in [5, 5.41) is 1.04. The van der Waals surface area contributed by atoms with E-state index in [4.69, 9.17) is 0 Å². The standard InChI is InChI=1S/C16H17N3O2S/c1-2-11-22(20,21)19-13-5-3-12(4-6-13)14-7-9-17-16-15(14)8-10-18-16/h3-10,19H,2,11H2,1H3,(H,17,18). The summed E-state index contributed by atoms with van der Waals surface area (Å²) in [6, 6.07) is 11.3. The lowest BCUT2D eigenvalue weighted by Crippen LogP contribution is -2.15. The molecule has 0 aliphatic rings. The second-order valence-electron chi connectivity index (χ2n) is 5.10. The maximum atomic E-state index is 11.8. The SMILES string of the molecule is CCCS(=O)(=O)Nc1ccc(-c2ccnc3[nH]ccc23)cc1. The fourth-order valence-corrected chi connectivity index (χ4v) is 3.56. The molecule has 5 nitrogen and oxygen atoms in total. The van der Waals surface area contributed by atoms with Gasteiger partial charge in [-0.15, -0.1) is 0 Å². The predicted octanol–water partition coefficient (Wildman–Crippen LogP) is 3.38. The number of benzene rings is 1. The largest absolute Gasteiger partial charge is 0.346 e. The molecule has 22 heavy (non-hydrogen) atoms. The highest BCUT2D eigenvalue weighted by molar-refractivity contribution is 7.92. The Balaban J connectivity index is 1.90. The van der Waals surface area contributed by atoms with E-state index in [0.29, 0.717) is 12.1 Å². The Morgan fingerprint density at radius 3 is 2.64 bits per heavy atom. The zero-order valence-electron chi connectivity index (χ0n) is 12.2. The topological polar surface area (TPSA) is 74.8 Å². The Morgan fingerprint density at radius 1 is 1.14 bits per heavy atom. The Hall–Kier alpha value is -2.34. The van der Waals surface area contributed by atoms with Crippen molar-refractivity contribution in [2.45, 2.75) is 13.3 Å². The van der Waals surface area contributed by atoms with Gasteiger partial charge < -0.3 is 4.98 Å². The first-order valence-electron chi connectivity index (χ1n) is 7.12. The number of aromatic amines is 1. The molecular formula is C16H17N3O2S. The lowest BCUT2D eigenvalue weighted by atomic mass is 10.0. The molecule has 3 rings (SSSR count). The summed E-state index contributed by atoms with van der Waals surface area (Å²) in [5.41, 5.74) is 3.50. The average molecular weight is 315 g/mol. The average Bonchev–Trinajstić information content (AvgIpc) is 2.96. The fraction of sp³-hybridized carbons (Fsp3) is 0.188. The number of fused-ring (bicyclic) bond motifs is 1. The van der Waals surface area contributed by atoms with E-state index in [0.717, 1.165) is 22.2 Å². The maximum Gasteiger partial charge on any atom is 0.232 e. The summed E-state index contributed by atoms with van der Waals surface area (Å²) in [4.78, 5) is 7.35. The number of sulfonamides is 1. The van der Waals surface area contributed by atoms with Crippen LogP contribution in [0.5, 0.6) is 0 Å². The van der Waals surface area contributed by atoms with E-state index in [1.54, 1.807) is 18.3 Å². The van der Waals surface area contributed by atoms with Gasteiger partial charge in [-0.05, 0) is 41.8 Å². The van der Waals surface area contributed by atoms with Crippen molar-refractivity contribution in [2.75, 3.05) is 10.5 Å². The molecule has 0 saturated heterocycles. The minimum atomic E-state index is -3.25. The molecular weight excluding hydrogens is 298 g/mol. The third kappa shape index (κ3) is 2.96. The zero-order chi connectivity index (χ0) is 15.6. The van der Waals surface area contributed by atoms with Gasteiger partial charge in [0.2, 0.25) is 10.0 Å². The van der Waals surface area contributed by atoms with Gasteiger partial charge >= 0.3 is 0 Å². The molecule has 0 saturated carbocycles. The molecule has 0 unspecified atom stereocenters. The molecule has 1 aromatic carbocycles. The van der Waals surface area contributed by atoms with Gasteiger partial charge in [0.15, 0.2) is 0 Å². The second kappa shape index (κ2) is 5.81. The molecule has 0 radical (unpaired) electrons. The van der Waals surface area contributed by atoms with Crippen LogP contribution in [-0.2, 0) is 10.0 Å². The quantitative estimate of drug-likeness (QED) is 0.758. The lowest BCUT2D eigenvalue weighted by molar-refractivity contribution is 0.600. The summed E-state index contributed by atoms with van der Waals surface area (Å²) in [5.74, 6) is 0.128. The minimum absolute atomic E-state index is 0.128. The highest BCUT2D eigenvalue weighted by Gasteiger charge is 2.09. The summed E-state index contributed by atoms with van der Waals surface area (Å²) in [6.45, 7) is 1.84. The normalized spacial score (nSPS) is 11.7. The molecule has 6 heteroatoms. The van der Waals surface area contributed by atoms with Crippen LogP contribution in [-0.4, -0.2) is 24.1 Å². The molecule has 2 aromatic heterocycles. The Kier molecular flexibility index (Phi) is 3.85. The van der Waals surface area contributed by atoms with Crippen LogP contribution in [0.1, 0.15) is 13.3 Å². The summed E-state index contributed by atoms with van der Waals surface area (Å²) >= 11 is 0. The van der Waals surface area contributed by atoms with Crippen LogP contribution in [0.15, 0.2) is 48.8 Å². The number of nitrogens with zero attached hydrogens (tertiary/aromatic N) is 1. The van der Waals surface area contributed by atoms with E-state index in [2.05, 4.69) is 14.7 Å². The van der Waals surface area contributed by atoms with Gasteiger partial charge in [-0.3, -0.25) is 4.72 Å². The first kappa shape index (κ1) is 14.6. The second-order valence-corrected chi connectivity index (χ2v) is 6.94. The van der Waals surface area contributed by atoms with Crippen molar-refractivity contribution in [3.63, 3.8) is 0 Å². The molecule has 0 aliphatic heterocycles. The van der Waals surface area contributed by atoms with Crippen molar-refractivity contribution in [3.8, 4) is 11.1 Å². The van der Waals surface area contributed by atoms with Gasteiger partial charge in [0, 0.05) is 23.5 Å². The van der Waals surface area contributed by atoms with Crippen LogP contribution in [0.3, 0.4) is 0 Å². The molecule has 3 aromatic rings. The van der Waals surface area contributed by atoms with Crippen molar-refractivity contribution in [1.82, 2.24) is 9.97 Å². The molecule has 114 valence electrons. The first-order valence-corrected chi connectivity index (χ1v) is 8.77. The van der Waals surface area contributed by atoms with Gasteiger partial charge in [-0.25, -0.2) is 13.4 Å². The van der Waals surface area contributed by atoms with Crippen molar-refractivity contribution in [2.24, 2.45) is 0 Å². The van der Waals surface area contributed by atoms with Crippen LogP contribution in [0, 0.1) is 0 Å². The predicted molar refractivity (Wildman–Crippen MR) is 89.2 cm³/mol. The number of aromatic nitrogens is 2. The maximum absolute atomic E-state index is 11.8. The van der Waals surface area contributed by atoms with Crippen LogP contribution in [0.2, 0.25) is 0 Å². The minimum Gasteiger partial charge on any atom is -0.346 e. The number of rotatable bonds is 5. The third-order valence-corrected chi connectivity index (χ3v) is 4.89. The third-order valence-electron chi connectivity index (χ3n) is 3.40. The Morgan fingerprint density at radius 2 is 1.91 bits per heavy atom. The molecule has 0 bridgehead atoms. The fourth-order valence-electron chi connectivity index (χ4n) is 2.43. The smallest absolute Gasteiger partial charge is 0.232 e. The van der Waals surface area contributed by atoms with E-state index < -0.39 is 10.0 Å². The lowest BCUT2D eigenvalue weighted by Gasteiger charge is -2.08. The molecule has 2 N–H and O–H groups in total. The highest BCUT2D eigenvalue weighted by Crippen LogP contribution is 2.28. The van der Waals surface area contributed by atoms with E-state index in [-0.39, 0.29) is 5.75 Å². The molecule has 0 atom stereocenters. The van der Waals surface area contributed by atoms with Gasteiger partial charge in [-0.2, -0.15) is 0 Å². The zero-order valence-corrected chi connectivity index (χ0v) is 13.0. The molecule has 0 fully saturated rings. The van der Waals surface area contributed by atoms with Crippen LogP contribution in [0.4, 0.5) is 5.69 Å². The van der Waals surface area contributed by atoms with Gasteiger partial charge in [0.05, 0.1) is 5.75 Å². The highest BCUT2D eigenvalue weighted by atomic mass is 32.2. The van der Waals surface area contributed by atoms with E-state index in [1.165, 1.54) is 0 Å². The van der Waals surface area contributed by atoms with Gasteiger partial charge in [0.25, 0.3) is 0 Å². The van der Waals surface area contributed by atoms with E-state index in [1.807, 2.05) is 37.4 Å². The molecule has 0 amide bonds. The number of H-pyrrole nitrogens is 1. The van der Waals surface area contributed by atoms with Crippen molar-refractivity contribution >= 4 is 26.7 Å². The van der Waals surface area contributed by atoms with Gasteiger partial charge in [0.1, 0.15) is 5.65 Å². The van der Waals surface area contributed by atoms with Crippen molar-refractivity contribution < 1.29 is 8.42 Å². The van der Waals surface area contributed by atoms with Crippen LogP contribution < -0.4 is 4.72 Å². The molecule has 0 aliphatic carbocycles. The van der Waals surface area contributed by atoms with E-state index >= 15 is 0 Å². The first-order chi connectivity index (χ1) is 10.6. The summed E-state index contributed by atoms with van der Waals surface area (Å²) < 4.78 is 26.1. The summed E-state index contributed by atoms with van der Waals surface area (Å²) in [7, 11) is -3.25. The Labute approximate surface area is 129 Å². The molecule has 0 spiro atoms. The van der Waals surface area contributed by atoms with Crippen LogP contribution >= 0.6 is 0 Å². The molecule has 2 heterocycles. The Bertz CT molecular complexity index is 883. The van der Waals surface area contributed by atoms with Crippen molar-refractivity contribution in [1.29, 1.82) is 0 Å². The number of hydrogen-bond acceptors (Lipinski definition) is 3. The number of nitrogens with one attached hydrogen (secondary N) is 2. The number of anilines is 1. The monoisotopic (exact) mass is 315 g/mol.